The van der Waals surface area contributed by atoms with Crippen molar-refractivity contribution in [3.05, 3.63) is 72.3 Å². The van der Waals surface area contributed by atoms with Gasteiger partial charge in [0.15, 0.2) is 17.2 Å². The fraction of sp³-hybridized carbons (Fsp3) is 0.459. The molecule has 2 aliphatic rings. The Balaban J connectivity index is 1.16. The number of hydrogen-bond donors (Lipinski definition) is 3. The number of unbranched alkanes of at least 4 members (excludes halogenated alkanes) is 1. The van der Waals surface area contributed by atoms with Crippen LogP contribution in [0.3, 0.4) is 0 Å². The number of nitrogens with zero attached hydrogens (tertiary/aromatic N) is 1. The summed E-state index contributed by atoms with van der Waals surface area (Å²) in [5.74, 6) is 2.18. The minimum atomic E-state index is -0.258. The first-order valence-electron chi connectivity index (χ1n) is 16.8. The van der Waals surface area contributed by atoms with E-state index < -0.39 is 0 Å². The molecule has 2 fully saturated rings. The number of carbonyl (C=O) groups is 2. The Morgan fingerprint density at radius 2 is 1.59 bits per heavy atom. The molecule has 9 heteroatoms. The Kier molecular flexibility index (Phi) is 11.1. The molecule has 3 N–H and O–H groups in total. The molecular weight excluding hydrogens is 580 g/mol. The Labute approximate surface area is 273 Å². The van der Waals surface area contributed by atoms with Crippen molar-refractivity contribution in [3.8, 4) is 23.0 Å². The molecule has 0 aliphatic carbocycles. The van der Waals surface area contributed by atoms with Crippen molar-refractivity contribution >= 4 is 23.3 Å². The molecule has 5 rings (SSSR count). The molecule has 2 saturated heterocycles. The van der Waals surface area contributed by atoms with Crippen molar-refractivity contribution in [2.75, 3.05) is 24.3 Å². The highest BCUT2D eigenvalue weighted by molar-refractivity contribution is 6.04. The Morgan fingerprint density at radius 3 is 2.28 bits per heavy atom. The number of anilines is 2. The number of carbonyl (C=O) groups excluding carboxylic acids is 2. The molecule has 246 valence electrons. The van der Waals surface area contributed by atoms with Crippen LogP contribution < -0.4 is 30.2 Å². The van der Waals surface area contributed by atoms with Crippen molar-refractivity contribution < 1.29 is 23.8 Å². The molecule has 2 heterocycles. The lowest BCUT2D eigenvalue weighted by atomic mass is 9.99. The van der Waals surface area contributed by atoms with Crippen LogP contribution >= 0.6 is 0 Å². The normalized spacial score (nSPS) is 19.0. The lowest BCUT2D eigenvalue weighted by Gasteiger charge is -2.44. The first kappa shape index (κ1) is 33.1. The standard InChI is InChI=1S/C37H48N4O5/c1-5-8-24-41-30-10-9-22-37(41,23-21-30)46-32-16-11-26(12-17-32)35(42)38-28-13-18-31(19-14-28)45-33-20-15-29(25-34(33)44-4)40-36(43)39-27(6-2)7-3/h11-20,25,27,30H,5-10,21-24H2,1-4H3,(H,38,42)(H2,39,40,43). The van der Waals surface area contributed by atoms with Gasteiger partial charge in [-0.25, -0.2) is 4.79 Å². The van der Waals surface area contributed by atoms with Crippen molar-refractivity contribution in [3.63, 3.8) is 0 Å². The Morgan fingerprint density at radius 1 is 0.870 bits per heavy atom. The number of nitrogens with one attached hydrogen (secondary N) is 3. The molecular formula is C37H48N4O5. The zero-order valence-electron chi connectivity index (χ0n) is 27.6. The van der Waals surface area contributed by atoms with E-state index in [1.807, 2.05) is 38.1 Å². The predicted octanol–water partition coefficient (Wildman–Crippen LogP) is 8.57. The van der Waals surface area contributed by atoms with Crippen LogP contribution in [0, 0.1) is 0 Å². The number of hydrogen-bond acceptors (Lipinski definition) is 6. The lowest BCUT2D eigenvalue weighted by molar-refractivity contribution is -0.0976. The van der Waals surface area contributed by atoms with Crippen molar-refractivity contribution in [1.82, 2.24) is 10.2 Å². The van der Waals surface area contributed by atoms with E-state index in [1.54, 1.807) is 49.6 Å². The van der Waals surface area contributed by atoms with E-state index in [9.17, 15) is 9.59 Å². The highest BCUT2D eigenvalue weighted by Gasteiger charge is 2.50. The van der Waals surface area contributed by atoms with Gasteiger partial charge in [0.1, 0.15) is 11.5 Å². The topological polar surface area (TPSA) is 101 Å². The predicted molar refractivity (Wildman–Crippen MR) is 182 cm³/mol. The molecule has 3 aromatic carbocycles. The summed E-state index contributed by atoms with van der Waals surface area (Å²) in [6.07, 6.45) is 9.89. The Bertz CT molecular complexity index is 1450. The largest absolute Gasteiger partial charge is 0.493 e. The number of amides is 3. The van der Waals surface area contributed by atoms with Crippen molar-refractivity contribution in [2.24, 2.45) is 0 Å². The maximum absolute atomic E-state index is 13.0. The second kappa shape index (κ2) is 15.4. The van der Waals surface area contributed by atoms with E-state index in [-0.39, 0.29) is 23.7 Å². The lowest BCUT2D eigenvalue weighted by Crippen LogP contribution is -2.54. The Hall–Kier alpha value is -4.24. The van der Waals surface area contributed by atoms with Gasteiger partial charge in [0.25, 0.3) is 5.91 Å². The van der Waals surface area contributed by atoms with E-state index in [2.05, 4.69) is 27.8 Å². The van der Waals surface area contributed by atoms with Crippen LogP contribution in [0.5, 0.6) is 23.0 Å². The summed E-state index contributed by atoms with van der Waals surface area (Å²) in [6.45, 7) is 7.41. The third-order valence-corrected chi connectivity index (χ3v) is 9.20. The quantitative estimate of drug-likeness (QED) is 0.165. The van der Waals surface area contributed by atoms with Crippen LogP contribution in [0.2, 0.25) is 0 Å². The number of benzene rings is 3. The fourth-order valence-corrected chi connectivity index (χ4v) is 6.59. The van der Waals surface area contributed by atoms with Crippen molar-refractivity contribution in [1.29, 1.82) is 0 Å². The van der Waals surface area contributed by atoms with Gasteiger partial charge < -0.3 is 30.2 Å². The highest BCUT2D eigenvalue weighted by atomic mass is 16.5. The van der Waals surface area contributed by atoms with E-state index in [4.69, 9.17) is 14.2 Å². The van der Waals surface area contributed by atoms with Gasteiger partial charge >= 0.3 is 6.03 Å². The molecule has 0 radical (unpaired) electrons. The maximum Gasteiger partial charge on any atom is 0.319 e. The molecule has 9 nitrogen and oxygen atoms in total. The number of fused-ring (bicyclic) bond motifs is 2. The second-order valence-corrected chi connectivity index (χ2v) is 12.3. The van der Waals surface area contributed by atoms with Crippen LogP contribution in [-0.4, -0.2) is 48.3 Å². The summed E-state index contributed by atoms with van der Waals surface area (Å²) >= 11 is 0. The number of piperidine rings is 1. The molecule has 0 spiro atoms. The van der Waals surface area contributed by atoms with Gasteiger partial charge in [-0.1, -0.05) is 27.2 Å². The minimum absolute atomic E-state index is 0.125. The number of methoxy groups -OCH3 is 1. The van der Waals surface area contributed by atoms with E-state index in [0.29, 0.717) is 40.2 Å². The zero-order chi connectivity index (χ0) is 32.5. The third-order valence-electron chi connectivity index (χ3n) is 9.20. The number of ether oxygens (including phenoxy) is 3. The third kappa shape index (κ3) is 7.94. The summed E-state index contributed by atoms with van der Waals surface area (Å²) in [4.78, 5) is 28.0. The number of rotatable bonds is 14. The molecule has 0 saturated carbocycles. The van der Waals surface area contributed by atoms with Gasteiger partial charge in [-0.2, -0.15) is 0 Å². The fourth-order valence-electron chi connectivity index (χ4n) is 6.59. The average molecular weight is 629 g/mol. The molecule has 3 aromatic rings. The number of urea groups is 1. The summed E-state index contributed by atoms with van der Waals surface area (Å²) < 4.78 is 18.2. The molecule has 2 aliphatic heterocycles. The molecule has 3 amide bonds. The van der Waals surface area contributed by atoms with Crippen LogP contribution in [0.1, 0.15) is 88.9 Å². The smallest absolute Gasteiger partial charge is 0.319 e. The van der Waals surface area contributed by atoms with Gasteiger partial charge in [-0.15, -0.1) is 0 Å². The summed E-state index contributed by atoms with van der Waals surface area (Å²) in [7, 11) is 1.55. The molecule has 2 unspecified atom stereocenters. The van der Waals surface area contributed by atoms with Crippen LogP contribution in [0.15, 0.2) is 66.7 Å². The van der Waals surface area contributed by atoms with Gasteiger partial charge in [-0.3, -0.25) is 9.69 Å². The van der Waals surface area contributed by atoms with Gasteiger partial charge in [0.2, 0.25) is 0 Å². The maximum atomic E-state index is 13.0. The van der Waals surface area contributed by atoms with E-state index in [0.717, 1.165) is 38.0 Å². The summed E-state index contributed by atoms with van der Waals surface area (Å²) in [5.41, 5.74) is 1.60. The van der Waals surface area contributed by atoms with E-state index in [1.165, 1.54) is 32.1 Å². The first-order chi connectivity index (χ1) is 22.4. The van der Waals surface area contributed by atoms with Gasteiger partial charge in [0.05, 0.1) is 7.11 Å². The molecule has 2 bridgehead atoms. The summed E-state index contributed by atoms with van der Waals surface area (Å²) in [6, 6.07) is 20.3. The van der Waals surface area contributed by atoms with Crippen LogP contribution in [-0.2, 0) is 0 Å². The minimum Gasteiger partial charge on any atom is -0.493 e. The van der Waals surface area contributed by atoms with Crippen LogP contribution in [0.4, 0.5) is 16.2 Å². The summed E-state index contributed by atoms with van der Waals surface area (Å²) in [5, 5.41) is 8.76. The van der Waals surface area contributed by atoms with E-state index >= 15 is 0 Å². The molecule has 2 atom stereocenters. The first-order valence-corrected chi connectivity index (χ1v) is 16.8. The van der Waals surface area contributed by atoms with Gasteiger partial charge in [0, 0.05) is 54.5 Å². The second-order valence-electron chi connectivity index (χ2n) is 12.3. The average Bonchev–Trinajstić information content (AvgIpc) is 3.25. The highest BCUT2D eigenvalue weighted by Crippen LogP contribution is 2.45. The molecule has 0 aromatic heterocycles. The monoisotopic (exact) mass is 628 g/mol. The SMILES string of the molecule is CCCCN1C2CCCC1(Oc1ccc(C(=O)Nc3ccc(Oc4ccc(NC(=O)NC(CC)CC)cc4OC)cc3)cc1)CC2. The zero-order valence-corrected chi connectivity index (χ0v) is 27.6. The van der Waals surface area contributed by atoms with Gasteiger partial charge in [-0.05, 0) is 99.2 Å². The molecule has 46 heavy (non-hydrogen) atoms. The van der Waals surface area contributed by atoms with Crippen LogP contribution in [0.25, 0.3) is 0 Å². The van der Waals surface area contributed by atoms with Crippen molar-refractivity contribution in [2.45, 2.75) is 96.4 Å².